The minimum Gasteiger partial charge on any atom is -0.381 e. The predicted octanol–water partition coefficient (Wildman–Crippen LogP) is 1.55. The Morgan fingerprint density at radius 3 is 2.76 bits per heavy atom. The van der Waals surface area contributed by atoms with Crippen LogP contribution in [0.5, 0.6) is 0 Å². The van der Waals surface area contributed by atoms with Crippen LogP contribution in [0.15, 0.2) is 23.1 Å². The van der Waals surface area contributed by atoms with E-state index in [1.54, 1.807) is 19.1 Å². The molecule has 5 nitrogen and oxygen atoms in total. The molecule has 2 rings (SSSR count). The first-order valence-corrected chi connectivity index (χ1v) is 8.88. The van der Waals surface area contributed by atoms with Crippen LogP contribution >= 0.6 is 0 Å². The highest BCUT2D eigenvalue weighted by Gasteiger charge is 2.21. The normalized spacial score (nSPS) is 15.3. The number of hydrogen-bond donors (Lipinski definition) is 2. The fraction of sp³-hybridized carbons (Fsp3) is 0.600. The molecule has 0 aromatic heterocycles. The summed E-state index contributed by atoms with van der Waals surface area (Å²) in [7, 11) is -3.45. The lowest BCUT2D eigenvalue weighted by Crippen LogP contribution is -2.26. The molecule has 1 saturated carbocycles. The third-order valence-corrected chi connectivity index (χ3v) is 5.19. The van der Waals surface area contributed by atoms with Crippen LogP contribution < -0.4 is 10.5 Å². The molecule has 0 amide bonds. The zero-order chi connectivity index (χ0) is 15.3. The van der Waals surface area contributed by atoms with Crippen LogP contribution in [0.3, 0.4) is 0 Å². The molecule has 1 aliphatic rings. The summed E-state index contributed by atoms with van der Waals surface area (Å²) < 4.78 is 32.5. The lowest BCUT2D eigenvalue weighted by molar-refractivity contribution is 0.123. The van der Waals surface area contributed by atoms with Crippen LogP contribution in [-0.2, 0) is 21.3 Å². The number of nitrogens with one attached hydrogen (secondary N) is 1. The Bertz CT molecular complexity index is 568. The number of benzene rings is 1. The lowest BCUT2D eigenvalue weighted by Gasteiger charge is -2.10. The Labute approximate surface area is 126 Å². The highest BCUT2D eigenvalue weighted by molar-refractivity contribution is 7.89. The van der Waals surface area contributed by atoms with Crippen molar-refractivity contribution < 1.29 is 13.2 Å². The number of ether oxygens (including phenoxy) is 1. The average molecular weight is 312 g/mol. The summed E-state index contributed by atoms with van der Waals surface area (Å²) in [5.41, 5.74) is 7.20. The number of rotatable bonds is 9. The van der Waals surface area contributed by atoms with E-state index in [2.05, 4.69) is 4.72 Å². The molecule has 1 aromatic carbocycles. The van der Waals surface area contributed by atoms with E-state index >= 15 is 0 Å². The first kappa shape index (κ1) is 16.4. The summed E-state index contributed by atoms with van der Waals surface area (Å²) in [6.45, 7) is 4.00. The van der Waals surface area contributed by atoms with Gasteiger partial charge >= 0.3 is 0 Å². The van der Waals surface area contributed by atoms with Crippen molar-refractivity contribution in [3.8, 4) is 0 Å². The first-order chi connectivity index (χ1) is 10.0. The van der Waals surface area contributed by atoms with Gasteiger partial charge in [-0.05, 0) is 49.3 Å². The van der Waals surface area contributed by atoms with Gasteiger partial charge in [-0.1, -0.05) is 12.1 Å². The average Bonchev–Trinajstić information content (AvgIpc) is 3.26. The maximum Gasteiger partial charge on any atom is 0.240 e. The van der Waals surface area contributed by atoms with Crippen molar-refractivity contribution in [3.63, 3.8) is 0 Å². The third-order valence-electron chi connectivity index (χ3n) is 3.57. The molecule has 0 heterocycles. The van der Waals surface area contributed by atoms with Crippen LogP contribution in [0.4, 0.5) is 0 Å². The highest BCUT2D eigenvalue weighted by atomic mass is 32.2. The maximum atomic E-state index is 12.2. The Morgan fingerprint density at radius 2 is 2.14 bits per heavy atom. The molecule has 0 radical (unpaired) electrons. The van der Waals surface area contributed by atoms with E-state index < -0.39 is 10.0 Å². The molecule has 0 unspecified atom stereocenters. The topological polar surface area (TPSA) is 81.4 Å². The van der Waals surface area contributed by atoms with Gasteiger partial charge in [0.25, 0.3) is 0 Å². The van der Waals surface area contributed by atoms with Crippen LogP contribution in [0.25, 0.3) is 0 Å². The van der Waals surface area contributed by atoms with Gasteiger partial charge in [-0.15, -0.1) is 0 Å². The smallest absolute Gasteiger partial charge is 0.240 e. The maximum absolute atomic E-state index is 12.2. The predicted molar refractivity (Wildman–Crippen MR) is 82.4 cm³/mol. The van der Waals surface area contributed by atoms with Crippen molar-refractivity contribution in [2.24, 2.45) is 11.7 Å². The van der Waals surface area contributed by atoms with Gasteiger partial charge in [0.15, 0.2) is 0 Å². The quantitative estimate of drug-likeness (QED) is 0.678. The molecule has 0 bridgehead atoms. The zero-order valence-corrected chi connectivity index (χ0v) is 13.3. The van der Waals surface area contributed by atoms with Gasteiger partial charge in [-0.25, -0.2) is 13.1 Å². The Hall–Kier alpha value is -0.950. The zero-order valence-electron chi connectivity index (χ0n) is 12.5. The third kappa shape index (κ3) is 5.07. The molecule has 1 fully saturated rings. The van der Waals surface area contributed by atoms with Gasteiger partial charge in [0.2, 0.25) is 10.0 Å². The fourth-order valence-corrected chi connectivity index (χ4v) is 3.43. The fourth-order valence-electron chi connectivity index (χ4n) is 2.13. The van der Waals surface area contributed by atoms with Crippen LogP contribution in [-0.4, -0.2) is 28.2 Å². The van der Waals surface area contributed by atoms with Crippen LogP contribution in [0, 0.1) is 12.8 Å². The molecule has 21 heavy (non-hydrogen) atoms. The number of hydrogen-bond acceptors (Lipinski definition) is 4. The van der Waals surface area contributed by atoms with Crippen LogP contribution in [0.1, 0.15) is 30.4 Å². The number of sulfonamides is 1. The van der Waals surface area contributed by atoms with Crippen LogP contribution in [0.2, 0.25) is 0 Å². The van der Waals surface area contributed by atoms with E-state index in [0.717, 1.165) is 23.7 Å². The molecule has 6 heteroatoms. The molecular weight excluding hydrogens is 288 g/mol. The van der Waals surface area contributed by atoms with Crippen molar-refractivity contribution >= 4 is 10.0 Å². The van der Waals surface area contributed by atoms with Crippen molar-refractivity contribution in [3.05, 3.63) is 29.3 Å². The molecule has 0 saturated heterocycles. The monoisotopic (exact) mass is 312 g/mol. The van der Waals surface area contributed by atoms with Gasteiger partial charge in [0.05, 0.1) is 4.90 Å². The van der Waals surface area contributed by atoms with Crippen molar-refractivity contribution in [2.45, 2.75) is 37.6 Å². The van der Waals surface area contributed by atoms with E-state index in [-0.39, 0.29) is 0 Å². The Kier molecular flexibility index (Phi) is 5.75. The summed E-state index contributed by atoms with van der Waals surface area (Å²) >= 11 is 0. The van der Waals surface area contributed by atoms with E-state index in [4.69, 9.17) is 10.5 Å². The van der Waals surface area contributed by atoms with Crippen molar-refractivity contribution in [1.82, 2.24) is 4.72 Å². The van der Waals surface area contributed by atoms with E-state index in [1.165, 1.54) is 12.8 Å². The molecular formula is C15H24N2O3S. The minimum absolute atomic E-state index is 0.318. The van der Waals surface area contributed by atoms with Gasteiger partial charge in [0.1, 0.15) is 0 Å². The summed E-state index contributed by atoms with van der Waals surface area (Å²) in [6.07, 6.45) is 3.22. The van der Waals surface area contributed by atoms with Gasteiger partial charge in [-0.3, -0.25) is 0 Å². The molecule has 118 valence electrons. The SMILES string of the molecule is Cc1cc(CN)ccc1S(=O)(=O)NCCCOCC1CC1. The second kappa shape index (κ2) is 7.35. The highest BCUT2D eigenvalue weighted by Crippen LogP contribution is 2.28. The van der Waals surface area contributed by atoms with Gasteiger partial charge in [-0.2, -0.15) is 0 Å². The molecule has 3 N–H and O–H groups in total. The number of nitrogens with two attached hydrogens (primary N) is 1. The summed E-state index contributed by atoms with van der Waals surface area (Å²) in [5, 5.41) is 0. The van der Waals surface area contributed by atoms with E-state index in [9.17, 15) is 8.42 Å². The summed E-state index contributed by atoms with van der Waals surface area (Å²) in [6, 6.07) is 5.18. The molecule has 1 aliphatic carbocycles. The minimum atomic E-state index is -3.45. The van der Waals surface area contributed by atoms with E-state index in [0.29, 0.717) is 31.0 Å². The lowest BCUT2D eigenvalue weighted by atomic mass is 10.1. The second-order valence-corrected chi connectivity index (χ2v) is 7.31. The largest absolute Gasteiger partial charge is 0.381 e. The number of aryl methyl sites for hydroxylation is 1. The second-order valence-electron chi connectivity index (χ2n) is 5.57. The standard InChI is InChI=1S/C15H24N2O3S/c1-12-9-14(10-16)5-6-15(12)21(18,19)17-7-2-8-20-11-13-3-4-13/h5-6,9,13,17H,2-4,7-8,10-11,16H2,1H3. The molecule has 0 atom stereocenters. The Morgan fingerprint density at radius 1 is 1.38 bits per heavy atom. The van der Waals surface area contributed by atoms with Gasteiger partial charge < -0.3 is 10.5 Å². The van der Waals surface area contributed by atoms with Gasteiger partial charge in [0, 0.05) is 26.3 Å². The first-order valence-electron chi connectivity index (χ1n) is 7.40. The Balaban J connectivity index is 1.80. The van der Waals surface area contributed by atoms with Crippen molar-refractivity contribution in [1.29, 1.82) is 0 Å². The molecule has 0 aliphatic heterocycles. The summed E-state index contributed by atoms with van der Waals surface area (Å²) in [4.78, 5) is 0.318. The molecule has 1 aromatic rings. The van der Waals surface area contributed by atoms with E-state index in [1.807, 2.05) is 6.07 Å². The molecule has 0 spiro atoms. The summed E-state index contributed by atoms with van der Waals surface area (Å²) in [5.74, 6) is 0.741. The van der Waals surface area contributed by atoms with Crippen molar-refractivity contribution in [2.75, 3.05) is 19.8 Å².